The monoisotopic (exact) mass is 388 g/mol. The van der Waals surface area contributed by atoms with E-state index in [-0.39, 0.29) is 11.8 Å². The van der Waals surface area contributed by atoms with Crippen LogP contribution in [0.1, 0.15) is 20.0 Å². The molecule has 0 saturated carbocycles. The van der Waals surface area contributed by atoms with Gasteiger partial charge in [-0.2, -0.15) is 0 Å². The summed E-state index contributed by atoms with van der Waals surface area (Å²) in [5, 5.41) is 6.85. The van der Waals surface area contributed by atoms with Crippen molar-refractivity contribution in [2.24, 2.45) is 0 Å². The smallest absolute Gasteiger partial charge is 0.267 e. The number of carbonyl (C=O) groups excluding carboxylic acids is 2. The van der Waals surface area contributed by atoms with E-state index in [4.69, 9.17) is 16.3 Å². The summed E-state index contributed by atoms with van der Waals surface area (Å²) in [7, 11) is 1.57. The highest BCUT2D eigenvalue weighted by molar-refractivity contribution is 7.21. The average Bonchev–Trinajstić information content (AvgIpc) is 2.99. The fourth-order valence-corrected chi connectivity index (χ4v) is 3.87. The summed E-state index contributed by atoms with van der Waals surface area (Å²) < 4.78 is 5.86. The molecule has 7 heteroatoms. The molecule has 5 nitrogen and oxygen atoms in total. The van der Waals surface area contributed by atoms with E-state index in [1.807, 2.05) is 24.3 Å². The van der Waals surface area contributed by atoms with E-state index >= 15 is 0 Å². The van der Waals surface area contributed by atoms with Gasteiger partial charge in [-0.1, -0.05) is 35.9 Å². The number of nitrogens with one attached hydrogen (secondary N) is 2. The van der Waals surface area contributed by atoms with E-state index in [1.165, 1.54) is 11.3 Å². The van der Waals surface area contributed by atoms with Crippen molar-refractivity contribution in [2.75, 3.05) is 25.6 Å². The van der Waals surface area contributed by atoms with Gasteiger partial charge in [0.25, 0.3) is 11.8 Å². The normalized spacial score (nSPS) is 10.7. The summed E-state index contributed by atoms with van der Waals surface area (Å²) in [6.45, 7) is 0.857. The predicted molar refractivity (Wildman–Crippen MR) is 105 cm³/mol. The maximum Gasteiger partial charge on any atom is 0.267 e. The highest BCUT2D eigenvalue weighted by Gasteiger charge is 2.17. The van der Waals surface area contributed by atoms with Gasteiger partial charge in [0.1, 0.15) is 4.88 Å². The maximum atomic E-state index is 12.6. The quantitative estimate of drug-likeness (QED) is 0.622. The van der Waals surface area contributed by atoms with Crippen LogP contribution in [-0.2, 0) is 4.74 Å². The number of methoxy groups -OCH3 is 1. The van der Waals surface area contributed by atoms with Crippen LogP contribution >= 0.6 is 22.9 Å². The van der Waals surface area contributed by atoms with Gasteiger partial charge in [0.05, 0.1) is 11.6 Å². The molecule has 26 heavy (non-hydrogen) atoms. The Morgan fingerprint density at radius 1 is 1.12 bits per heavy atom. The van der Waals surface area contributed by atoms with Crippen molar-refractivity contribution in [3.63, 3.8) is 0 Å². The molecular weight excluding hydrogens is 372 g/mol. The van der Waals surface area contributed by atoms with Crippen LogP contribution in [0.3, 0.4) is 0 Å². The van der Waals surface area contributed by atoms with Crippen molar-refractivity contribution < 1.29 is 14.3 Å². The lowest BCUT2D eigenvalue weighted by molar-refractivity contribution is 0.0936. The van der Waals surface area contributed by atoms with Crippen molar-refractivity contribution in [1.82, 2.24) is 5.32 Å². The van der Waals surface area contributed by atoms with E-state index in [1.54, 1.807) is 31.4 Å². The number of thiophene rings is 1. The summed E-state index contributed by atoms with van der Waals surface area (Å²) in [6.07, 6.45) is 0. The lowest BCUT2D eigenvalue weighted by atomic mass is 10.2. The Balaban J connectivity index is 1.76. The van der Waals surface area contributed by atoms with E-state index < -0.39 is 0 Å². The van der Waals surface area contributed by atoms with Gasteiger partial charge in [-0.3, -0.25) is 9.59 Å². The van der Waals surface area contributed by atoms with Crippen LogP contribution in [0.2, 0.25) is 5.02 Å². The molecule has 1 aromatic heterocycles. The predicted octanol–water partition coefficient (Wildman–Crippen LogP) is 4.18. The van der Waals surface area contributed by atoms with Crippen LogP contribution in [0.5, 0.6) is 0 Å². The highest BCUT2D eigenvalue weighted by atomic mass is 35.5. The lowest BCUT2D eigenvalue weighted by Gasteiger charge is -2.08. The Kier molecular flexibility index (Phi) is 5.88. The Morgan fingerprint density at radius 3 is 2.69 bits per heavy atom. The Labute approximate surface area is 159 Å². The molecule has 0 fully saturated rings. The van der Waals surface area contributed by atoms with Crippen LogP contribution in [0.15, 0.2) is 48.5 Å². The number of amides is 2. The summed E-state index contributed by atoms with van der Waals surface area (Å²) in [5.41, 5.74) is 0.990. The van der Waals surface area contributed by atoms with Crippen molar-refractivity contribution in [3.8, 4) is 0 Å². The second-order valence-corrected chi connectivity index (χ2v) is 6.96. The Hall–Kier alpha value is -2.41. The number of fused-ring (bicyclic) bond motifs is 1. The molecule has 2 aromatic carbocycles. The molecule has 1 heterocycles. The topological polar surface area (TPSA) is 67.4 Å². The zero-order valence-corrected chi connectivity index (χ0v) is 15.6. The number of carbonyl (C=O) groups is 2. The number of hydrogen-bond acceptors (Lipinski definition) is 4. The van der Waals surface area contributed by atoms with Crippen molar-refractivity contribution in [2.45, 2.75) is 0 Å². The van der Waals surface area contributed by atoms with E-state index in [2.05, 4.69) is 10.6 Å². The summed E-state index contributed by atoms with van der Waals surface area (Å²) >= 11 is 7.68. The fourth-order valence-electron chi connectivity index (χ4n) is 2.45. The summed E-state index contributed by atoms with van der Waals surface area (Å²) in [6, 6.07) is 14.4. The van der Waals surface area contributed by atoms with Gasteiger partial charge in [0, 0.05) is 35.0 Å². The Bertz CT molecular complexity index is 955. The highest BCUT2D eigenvalue weighted by Crippen LogP contribution is 2.35. The molecule has 3 aromatic rings. The molecule has 0 unspecified atom stereocenters. The number of halogens is 1. The van der Waals surface area contributed by atoms with Gasteiger partial charge in [-0.05, 0) is 24.3 Å². The fraction of sp³-hybridized carbons (Fsp3) is 0.158. The second kappa shape index (κ2) is 8.31. The third-order valence-corrected chi connectivity index (χ3v) is 5.39. The number of benzene rings is 2. The van der Waals surface area contributed by atoms with Crippen LogP contribution < -0.4 is 10.6 Å². The molecule has 0 spiro atoms. The van der Waals surface area contributed by atoms with E-state index in [0.717, 1.165) is 10.1 Å². The molecule has 0 bridgehead atoms. The molecule has 2 N–H and O–H groups in total. The first-order valence-electron chi connectivity index (χ1n) is 7.95. The van der Waals surface area contributed by atoms with Gasteiger partial charge in [-0.15, -0.1) is 11.3 Å². The molecule has 134 valence electrons. The van der Waals surface area contributed by atoms with Gasteiger partial charge < -0.3 is 15.4 Å². The van der Waals surface area contributed by atoms with Gasteiger partial charge >= 0.3 is 0 Å². The molecule has 2 amide bonds. The molecule has 0 aliphatic heterocycles. The number of ether oxygens (including phenoxy) is 1. The zero-order chi connectivity index (χ0) is 18.5. The minimum atomic E-state index is -0.298. The van der Waals surface area contributed by atoms with Crippen molar-refractivity contribution >= 4 is 50.5 Å². The molecule has 0 atom stereocenters. The van der Waals surface area contributed by atoms with Crippen LogP contribution in [-0.4, -0.2) is 32.1 Å². The standard InChI is InChI=1S/C19H17ClN2O3S/c1-25-10-9-21-18(23)12-5-4-6-13(11-12)22-19(24)17-16(20)14-7-2-3-8-15(14)26-17/h2-8,11H,9-10H2,1H3,(H,21,23)(H,22,24). The molecule has 0 saturated heterocycles. The maximum absolute atomic E-state index is 12.6. The second-order valence-electron chi connectivity index (χ2n) is 5.52. The first kappa shape index (κ1) is 18.4. The third-order valence-electron chi connectivity index (χ3n) is 3.72. The number of hydrogen-bond donors (Lipinski definition) is 2. The van der Waals surface area contributed by atoms with Gasteiger partial charge in [0.2, 0.25) is 0 Å². The minimum absolute atomic E-state index is 0.224. The molecule has 3 rings (SSSR count). The molecule has 0 aliphatic carbocycles. The van der Waals surface area contributed by atoms with Crippen LogP contribution in [0.25, 0.3) is 10.1 Å². The number of anilines is 1. The Morgan fingerprint density at radius 2 is 1.92 bits per heavy atom. The third kappa shape index (κ3) is 4.04. The van der Waals surface area contributed by atoms with Crippen molar-refractivity contribution in [1.29, 1.82) is 0 Å². The van der Waals surface area contributed by atoms with Gasteiger partial charge in [0.15, 0.2) is 0 Å². The van der Waals surface area contributed by atoms with E-state index in [0.29, 0.717) is 34.3 Å². The van der Waals surface area contributed by atoms with E-state index in [9.17, 15) is 9.59 Å². The average molecular weight is 389 g/mol. The van der Waals surface area contributed by atoms with Gasteiger partial charge in [-0.25, -0.2) is 0 Å². The molecule has 0 radical (unpaired) electrons. The SMILES string of the molecule is COCCNC(=O)c1cccc(NC(=O)c2sc3ccccc3c2Cl)c1. The zero-order valence-electron chi connectivity index (χ0n) is 14.0. The molecule has 0 aliphatic rings. The first-order chi connectivity index (χ1) is 12.6. The largest absolute Gasteiger partial charge is 0.383 e. The number of rotatable bonds is 6. The first-order valence-corrected chi connectivity index (χ1v) is 9.15. The summed E-state index contributed by atoms with van der Waals surface area (Å²) in [4.78, 5) is 25.1. The summed E-state index contributed by atoms with van der Waals surface area (Å²) in [5.74, 6) is -0.522. The minimum Gasteiger partial charge on any atom is -0.383 e. The lowest BCUT2D eigenvalue weighted by Crippen LogP contribution is -2.27. The van der Waals surface area contributed by atoms with Crippen molar-refractivity contribution in [3.05, 3.63) is 64.0 Å². The van der Waals surface area contributed by atoms with Crippen LogP contribution in [0, 0.1) is 0 Å². The molecular formula is C19H17ClN2O3S. The van der Waals surface area contributed by atoms with Crippen LogP contribution in [0.4, 0.5) is 5.69 Å².